The zero-order valence-corrected chi connectivity index (χ0v) is 15.0. The monoisotopic (exact) mass is 327 g/mol. The third-order valence-corrected chi connectivity index (χ3v) is 4.74. The van der Waals surface area contributed by atoms with E-state index in [9.17, 15) is 0 Å². The van der Waals surface area contributed by atoms with E-state index in [1.807, 2.05) is 0 Å². The molecule has 24 heavy (non-hydrogen) atoms. The minimum atomic E-state index is 0.566. The lowest BCUT2D eigenvalue weighted by Gasteiger charge is -2.26. The summed E-state index contributed by atoms with van der Waals surface area (Å²) in [6, 6.07) is 13.1. The lowest BCUT2D eigenvalue weighted by Crippen LogP contribution is -2.36. The number of hydrogen-bond acceptors (Lipinski definition) is 3. The number of rotatable bonds is 7. The van der Waals surface area contributed by atoms with E-state index in [1.165, 1.54) is 22.8 Å². The van der Waals surface area contributed by atoms with Crippen LogP contribution in [0.3, 0.4) is 0 Å². The summed E-state index contributed by atoms with van der Waals surface area (Å²) in [6.07, 6.45) is 2.28. The number of fused-ring (bicyclic) bond motifs is 1. The average Bonchev–Trinajstić information content (AvgIpc) is 2.61. The van der Waals surface area contributed by atoms with Crippen LogP contribution in [-0.4, -0.2) is 44.4 Å². The minimum absolute atomic E-state index is 0.566. The molecule has 2 aromatic carbocycles. The van der Waals surface area contributed by atoms with E-state index >= 15 is 0 Å². The van der Waals surface area contributed by atoms with Crippen LogP contribution in [0.5, 0.6) is 5.75 Å². The third kappa shape index (κ3) is 4.71. The highest BCUT2D eigenvalue weighted by molar-refractivity contribution is 5.84. The van der Waals surface area contributed by atoms with Gasteiger partial charge in [0, 0.05) is 13.1 Å². The normalized spacial score (nSPS) is 16.0. The van der Waals surface area contributed by atoms with Gasteiger partial charge in [0.2, 0.25) is 0 Å². The summed E-state index contributed by atoms with van der Waals surface area (Å²) in [4.78, 5) is 2.48. The van der Waals surface area contributed by atoms with Crippen LogP contribution in [0.2, 0.25) is 0 Å². The molecule has 3 nitrogen and oxygen atoms in total. The molecule has 1 heterocycles. The molecule has 3 rings (SSSR count). The standard InChI is InChI=1S/C21H29NO2/c1-17(2)18-5-6-20-16-21(8-7-19(20)15-18)24-12-4-3-9-22-10-13-23-14-11-22/h5-8,15-17H,3-4,9-14H2,1-2H3. The molecule has 0 unspecified atom stereocenters. The zero-order valence-electron chi connectivity index (χ0n) is 15.0. The van der Waals surface area contributed by atoms with Crippen molar-refractivity contribution < 1.29 is 9.47 Å². The van der Waals surface area contributed by atoms with Crippen LogP contribution in [0.1, 0.15) is 38.2 Å². The van der Waals surface area contributed by atoms with Gasteiger partial charge in [0.05, 0.1) is 19.8 Å². The first-order valence-corrected chi connectivity index (χ1v) is 9.19. The molecular weight excluding hydrogens is 298 g/mol. The summed E-state index contributed by atoms with van der Waals surface area (Å²) in [5.41, 5.74) is 1.39. The van der Waals surface area contributed by atoms with Gasteiger partial charge in [-0.05, 0) is 53.8 Å². The molecule has 0 saturated carbocycles. The predicted molar refractivity (Wildman–Crippen MR) is 100 cm³/mol. The van der Waals surface area contributed by atoms with Crippen molar-refractivity contribution in [2.24, 2.45) is 0 Å². The fraction of sp³-hybridized carbons (Fsp3) is 0.524. The second-order valence-corrected chi connectivity index (χ2v) is 6.93. The number of hydrogen-bond donors (Lipinski definition) is 0. The van der Waals surface area contributed by atoms with E-state index in [-0.39, 0.29) is 0 Å². The molecule has 0 aliphatic carbocycles. The minimum Gasteiger partial charge on any atom is -0.494 e. The fourth-order valence-corrected chi connectivity index (χ4v) is 3.14. The van der Waals surface area contributed by atoms with Gasteiger partial charge in [-0.2, -0.15) is 0 Å². The van der Waals surface area contributed by atoms with Gasteiger partial charge in [-0.15, -0.1) is 0 Å². The van der Waals surface area contributed by atoms with Crippen molar-refractivity contribution in [1.82, 2.24) is 4.90 Å². The summed E-state index contributed by atoms with van der Waals surface area (Å²) in [5.74, 6) is 1.54. The molecule has 0 amide bonds. The summed E-state index contributed by atoms with van der Waals surface area (Å²) in [5, 5.41) is 2.55. The second kappa shape index (κ2) is 8.50. The molecule has 3 heteroatoms. The van der Waals surface area contributed by atoms with Crippen LogP contribution in [0.25, 0.3) is 10.8 Å². The van der Waals surface area contributed by atoms with Gasteiger partial charge >= 0.3 is 0 Å². The largest absolute Gasteiger partial charge is 0.494 e. The molecule has 1 aliphatic rings. The van der Waals surface area contributed by atoms with Gasteiger partial charge in [0.25, 0.3) is 0 Å². The maximum Gasteiger partial charge on any atom is 0.119 e. The Hall–Kier alpha value is -1.58. The van der Waals surface area contributed by atoms with E-state index in [4.69, 9.17) is 9.47 Å². The molecule has 0 radical (unpaired) electrons. The van der Waals surface area contributed by atoms with E-state index in [2.05, 4.69) is 55.1 Å². The van der Waals surface area contributed by atoms with Gasteiger partial charge in [-0.25, -0.2) is 0 Å². The first-order valence-electron chi connectivity index (χ1n) is 9.19. The Morgan fingerprint density at radius 3 is 2.54 bits per heavy atom. The zero-order chi connectivity index (χ0) is 16.8. The van der Waals surface area contributed by atoms with Crippen LogP contribution in [-0.2, 0) is 4.74 Å². The smallest absolute Gasteiger partial charge is 0.119 e. The Labute approximate surface area is 145 Å². The van der Waals surface area contributed by atoms with Gasteiger partial charge in [-0.1, -0.05) is 38.1 Å². The van der Waals surface area contributed by atoms with E-state index in [0.717, 1.165) is 51.6 Å². The summed E-state index contributed by atoms with van der Waals surface area (Å²) in [6.45, 7) is 10.3. The van der Waals surface area contributed by atoms with Gasteiger partial charge in [-0.3, -0.25) is 4.90 Å². The van der Waals surface area contributed by atoms with Crippen molar-refractivity contribution in [3.63, 3.8) is 0 Å². The van der Waals surface area contributed by atoms with Gasteiger partial charge in [0.1, 0.15) is 5.75 Å². The molecule has 0 atom stereocenters. The van der Waals surface area contributed by atoms with Crippen molar-refractivity contribution in [3.05, 3.63) is 42.0 Å². The van der Waals surface area contributed by atoms with Gasteiger partial charge < -0.3 is 9.47 Å². The lowest BCUT2D eigenvalue weighted by molar-refractivity contribution is 0.0368. The molecule has 130 valence electrons. The molecule has 0 N–H and O–H groups in total. The highest BCUT2D eigenvalue weighted by atomic mass is 16.5. The predicted octanol–water partition coefficient (Wildman–Crippen LogP) is 4.45. The number of benzene rings is 2. The Morgan fingerprint density at radius 1 is 1.00 bits per heavy atom. The summed E-state index contributed by atoms with van der Waals surface area (Å²) in [7, 11) is 0. The molecule has 2 aromatic rings. The second-order valence-electron chi connectivity index (χ2n) is 6.93. The van der Waals surface area contributed by atoms with Crippen LogP contribution >= 0.6 is 0 Å². The molecule has 0 spiro atoms. The van der Waals surface area contributed by atoms with Gasteiger partial charge in [0.15, 0.2) is 0 Å². The van der Waals surface area contributed by atoms with Crippen molar-refractivity contribution in [3.8, 4) is 5.75 Å². The highest BCUT2D eigenvalue weighted by Gasteiger charge is 2.09. The number of nitrogens with zero attached hydrogens (tertiary/aromatic N) is 1. The molecular formula is C21H29NO2. The number of ether oxygens (including phenoxy) is 2. The van der Waals surface area contributed by atoms with Crippen LogP contribution in [0.4, 0.5) is 0 Å². The van der Waals surface area contributed by atoms with Crippen molar-refractivity contribution in [1.29, 1.82) is 0 Å². The van der Waals surface area contributed by atoms with E-state index in [1.54, 1.807) is 0 Å². The van der Waals surface area contributed by atoms with E-state index in [0.29, 0.717) is 5.92 Å². The maximum absolute atomic E-state index is 5.94. The van der Waals surface area contributed by atoms with Crippen molar-refractivity contribution in [2.75, 3.05) is 39.5 Å². The first-order chi connectivity index (χ1) is 11.7. The quantitative estimate of drug-likeness (QED) is 0.701. The van der Waals surface area contributed by atoms with Crippen LogP contribution in [0, 0.1) is 0 Å². The van der Waals surface area contributed by atoms with Crippen molar-refractivity contribution in [2.45, 2.75) is 32.6 Å². The van der Waals surface area contributed by atoms with E-state index < -0.39 is 0 Å². The van der Waals surface area contributed by atoms with Crippen LogP contribution < -0.4 is 4.74 Å². The summed E-state index contributed by atoms with van der Waals surface area (Å²) >= 11 is 0. The summed E-state index contributed by atoms with van der Waals surface area (Å²) < 4.78 is 11.3. The highest BCUT2D eigenvalue weighted by Crippen LogP contribution is 2.25. The Bertz CT molecular complexity index is 647. The fourth-order valence-electron chi connectivity index (χ4n) is 3.14. The Morgan fingerprint density at radius 2 is 1.75 bits per heavy atom. The molecule has 0 aromatic heterocycles. The number of unbranched alkanes of at least 4 members (excludes halogenated alkanes) is 1. The topological polar surface area (TPSA) is 21.7 Å². The molecule has 1 aliphatic heterocycles. The first kappa shape index (κ1) is 17.2. The molecule has 1 fully saturated rings. The SMILES string of the molecule is CC(C)c1ccc2cc(OCCCCN3CCOCC3)ccc2c1. The van der Waals surface area contributed by atoms with Crippen LogP contribution in [0.15, 0.2) is 36.4 Å². The maximum atomic E-state index is 5.94. The average molecular weight is 327 g/mol. The third-order valence-electron chi connectivity index (χ3n) is 4.74. The Balaban J connectivity index is 1.46. The molecule has 1 saturated heterocycles. The number of morpholine rings is 1. The lowest BCUT2D eigenvalue weighted by atomic mass is 9.99. The molecule has 0 bridgehead atoms. The van der Waals surface area contributed by atoms with Crippen molar-refractivity contribution >= 4 is 10.8 Å². The Kier molecular flexibility index (Phi) is 6.11.